The molecule has 1 amide bonds. The van der Waals surface area contributed by atoms with E-state index in [0.717, 1.165) is 6.42 Å². The third-order valence-electron chi connectivity index (χ3n) is 1.67. The Hall–Kier alpha value is -1.46. The van der Waals surface area contributed by atoms with E-state index in [2.05, 4.69) is 25.9 Å². The minimum atomic E-state index is -0.187. The highest BCUT2D eigenvalue weighted by Gasteiger charge is 2.09. The predicted octanol–water partition coefficient (Wildman–Crippen LogP) is 0.389. The summed E-state index contributed by atoms with van der Waals surface area (Å²) in [5.74, 6) is 0.341. The average Bonchev–Trinajstić information content (AvgIpc) is 2.56. The first-order valence-electron chi connectivity index (χ1n) is 4.12. The Bertz CT molecular complexity index is 258. The number of nitrogens with zero attached hydrogens (tertiary/aromatic N) is 3. The van der Waals surface area contributed by atoms with Crippen molar-refractivity contribution < 1.29 is 4.79 Å². The molecule has 1 atom stereocenters. The van der Waals surface area contributed by atoms with Gasteiger partial charge < -0.3 is 0 Å². The van der Waals surface area contributed by atoms with Crippen LogP contribution in [0, 0.1) is 12.3 Å². The van der Waals surface area contributed by atoms with Crippen LogP contribution < -0.4 is 5.32 Å². The average molecular weight is 182 g/mol. The summed E-state index contributed by atoms with van der Waals surface area (Å²) in [6.45, 7) is 3.99. The molecular weight excluding hydrogens is 170 g/mol. The molecule has 0 unspecified atom stereocenters. The minimum Gasteiger partial charge on any atom is -0.293 e. The van der Waals surface area contributed by atoms with Crippen LogP contribution in [0.25, 0.3) is 0 Å². The van der Waals surface area contributed by atoms with Gasteiger partial charge in [-0.05, 0) is 16.3 Å². The smallest absolute Gasteiger partial charge is 0.246 e. The molecule has 0 saturated heterocycles. The molecule has 0 aromatic carbocycles. The lowest BCUT2D eigenvalue weighted by atomic mass is 10.1. The number of aromatic nitrogens is 4. The molecule has 0 aliphatic heterocycles. The fourth-order valence-electron chi connectivity index (χ4n) is 0.747. The van der Waals surface area contributed by atoms with Crippen molar-refractivity contribution in [3.63, 3.8) is 0 Å². The molecule has 71 valence electrons. The fourth-order valence-corrected chi connectivity index (χ4v) is 0.747. The third-order valence-corrected chi connectivity index (χ3v) is 1.67. The molecule has 1 radical (unpaired) electrons. The fraction of sp³-hybridized carbons (Fsp3) is 0.571. The largest absolute Gasteiger partial charge is 0.293 e. The van der Waals surface area contributed by atoms with Gasteiger partial charge in [0.15, 0.2) is 0 Å². The van der Waals surface area contributed by atoms with Crippen molar-refractivity contribution in [1.29, 1.82) is 0 Å². The van der Waals surface area contributed by atoms with Crippen molar-refractivity contribution >= 4 is 11.9 Å². The van der Waals surface area contributed by atoms with Crippen LogP contribution in [-0.2, 0) is 4.79 Å². The number of hydrogen-bond donors (Lipinski definition) is 2. The van der Waals surface area contributed by atoms with Crippen LogP contribution in [-0.4, -0.2) is 26.5 Å². The maximum absolute atomic E-state index is 11.2. The molecule has 0 aliphatic carbocycles. The zero-order valence-electron chi connectivity index (χ0n) is 7.61. The van der Waals surface area contributed by atoms with E-state index in [4.69, 9.17) is 0 Å². The second-order valence-corrected chi connectivity index (χ2v) is 2.79. The molecular formula is C7H12N5O. The molecule has 0 fully saturated rings. The lowest BCUT2D eigenvalue weighted by molar-refractivity contribution is -0.113. The molecule has 6 nitrogen and oxygen atoms in total. The van der Waals surface area contributed by atoms with Gasteiger partial charge in [-0.25, -0.2) is 5.10 Å². The number of H-pyrrole nitrogens is 1. The normalized spacial score (nSPS) is 12.5. The number of hydrogen-bond acceptors (Lipinski definition) is 4. The van der Waals surface area contributed by atoms with Gasteiger partial charge in [0.25, 0.3) is 0 Å². The standard InChI is InChI=1S/C7H12N5O/c1-3-5(2)4-6(13)8-7-9-11-12-10-7/h4-5H,3H2,1-2H3,(H2,8,9,10,11,12,13)/t5-/m1/s1. The Balaban J connectivity index is 2.34. The highest BCUT2D eigenvalue weighted by molar-refractivity contribution is 5.95. The number of aromatic amines is 1. The summed E-state index contributed by atoms with van der Waals surface area (Å²) in [5.41, 5.74) is 0. The Kier molecular flexibility index (Phi) is 3.36. The van der Waals surface area contributed by atoms with Gasteiger partial charge in [-0.3, -0.25) is 10.1 Å². The van der Waals surface area contributed by atoms with Crippen LogP contribution in [0.15, 0.2) is 0 Å². The second-order valence-electron chi connectivity index (χ2n) is 2.79. The Morgan fingerprint density at radius 1 is 1.77 bits per heavy atom. The maximum atomic E-state index is 11.2. The summed E-state index contributed by atoms with van der Waals surface area (Å²) >= 11 is 0. The van der Waals surface area contributed by atoms with Gasteiger partial charge in [0.1, 0.15) is 0 Å². The first-order chi connectivity index (χ1) is 6.22. The minimum absolute atomic E-state index is 0.187. The molecule has 6 heteroatoms. The van der Waals surface area contributed by atoms with Gasteiger partial charge in [0, 0.05) is 0 Å². The van der Waals surface area contributed by atoms with Crippen molar-refractivity contribution in [2.24, 2.45) is 5.92 Å². The Morgan fingerprint density at radius 2 is 2.54 bits per heavy atom. The van der Waals surface area contributed by atoms with Gasteiger partial charge in [-0.15, -0.1) is 0 Å². The summed E-state index contributed by atoms with van der Waals surface area (Å²) in [4.78, 5) is 11.2. The summed E-state index contributed by atoms with van der Waals surface area (Å²) in [5, 5.41) is 15.1. The Morgan fingerprint density at radius 3 is 3.08 bits per heavy atom. The quantitative estimate of drug-likeness (QED) is 0.705. The third kappa shape index (κ3) is 3.18. The van der Waals surface area contributed by atoms with Gasteiger partial charge in [0.05, 0.1) is 6.42 Å². The molecule has 13 heavy (non-hydrogen) atoms. The molecule has 1 aromatic rings. The van der Waals surface area contributed by atoms with E-state index >= 15 is 0 Å². The maximum Gasteiger partial charge on any atom is 0.246 e. The number of rotatable bonds is 4. The predicted molar refractivity (Wildman–Crippen MR) is 46.6 cm³/mol. The van der Waals surface area contributed by atoms with E-state index < -0.39 is 0 Å². The number of anilines is 1. The van der Waals surface area contributed by atoms with E-state index in [-0.39, 0.29) is 17.8 Å². The zero-order chi connectivity index (χ0) is 9.68. The number of carbonyl (C=O) groups is 1. The van der Waals surface area contributed by atoms with Crippen molar-refractivity contribution in [2.75, 3.05) is 5.32 Å². The van der Waals surface area contributed by atoms with E-state index in [1.807, 2.05) is 13.8 Å². The van der Waals surface area contributed by atoms with Crippen molar-refractivity contribution in [3.05, 3.63) is 6.42 Å². The van der Waals surface area contributed by atoms with Crippen molar-refractivity contribution in [2.45, 2.75) is 20.3 Å². The summed E-state index contributed by atoms with van der Waals surface area (Å²) < 4.78 is 0. The summed E-state index contributed by atoms with van der Waals surface area (Å²) in [7, 11) is 0. The van der Waals surface area contributed by atoms with E-state index in [0.29, 0.717) is 0 Å². The summed E-state index contributed by atoms with van der Waals surface area (Å²) in [6, 6.07) is 0. The first kappa shape index (κ1) is 9.63. The lowest BCUT2D eigenvalue weighted by Gasteiger charge is -2.05. The summed E-state index contributed by atoms with van der Waals surface area (Å²) in [6.07, 6.45) is 2.53. The van der Waals surface area contributed by atoms with Crippen LogP contribution >= 0.6 is 0 Å². The van der Waals surface area contributed by atoms with E-state index in [9.17, 15) is 4.79 Å². The highest BCUT2D eigenvalue weighted by atomic mass is 16.1. The first-order valence-corrected chi connectivity index (χ1v) is 4.12. The SMILES string of the molecule is CC[C@@H](C)[CH]C(=O)Nc1nnn[nH]1. The molecule has 2 N–H and O–H groups in total. The van der Waals surface area contributed by atoms with Crippen LogP contribution in [0.5, 0.6) is 0 Å². The van der Waals surface area contributed by atoms with Crippen LogP contribution in [0.4, 0.5) is 5.95 Å². The van der Waals surface area contributed by atoms with Gasteiger partial charge in [0.2, 0.25) is 11.9 Å². The van der Waals surface area contributed by atoms with Crippen LogP contribution in [0.2, 0.25) is 0 Å². The van der Waals surface area contributed by atoms with Gasteiger partial charge in [-0.2, -0.15) is 0 Å². The topological polar surface area (TPSA) is 83.6 Å². The van der Waals surface area contributed by atoms with Gasteiger partial charge >= 0.3 is 0 Å². The highest BCUT2D eigenvalue weighted by Crippen LogP contribution is 2.05. The second kappa shape index (κ2) is 4.54. The van der Waals surface area contributed by atoms with E-state index in [1.165, 1.54) is 0 Å². The molecule has 1 rings (SSSR count). The molecule has 1 aromatic heterocycles. The van der Waals surface area contributed by atoms with Crippen LogP contribution in [0.3, 0.4) is 0 Å². The number of carbonyl (C=O) groups excluding carboxylic acids is 1. The van der Waals surface area contributed by atoms with Gasteiger partial charge in [-0.1, -0.05) is 25.4 Å². The molecule has 0 aliphatic rings. The molecule has 1 heterocycles. The van der Waals surface area contributed by atoms with Crippen molar-refractivity contribution in [3.8, 4) is 0 Å². The zero-order valence-corrected chi connectivity index (χ0v) is 7.61. The monoisotopic (exact) mass is 182 g/mol. The lowest BCUT2D eigenvalue weighted by Crippen LogP contribution is -2.16. The Labute approximate surface area is 76.1 Å². The molecule has 0 saturated carbocycles. The number of amides is 1. The van der Waals surface area contributed by atoms with Crippen LogP contribution in [0.1, 0.15) is 20.3 Å². The van der Waals surface area contributed by atoms with E-state index in [1.54, 1.807) is 6.42 Å². The number of nitrogens with one attached hydrogen (secondary N) is 2. The number of tetrazole rings is 1. The molecule has 0 spiro atoms. The van der Waals surface area contributed by atoms with Crippen molar-refractivity contribution in [1.82, 2.24) is 20.6 Å². The molecule has 0 bridgehead atoms.